The number of hydrogen-bond donors (Lipinski definition) is 0. The molecule has 0 aliphatic heterocycles. The normalized spacial score (nSPS) is 10.9. The SMILES string of the molecule is CCn1c(SCC(=O)N(CCC#N)c2ccccc2)nc2scc(-c3cccs3)c2c1=O. The van der Waals surface area contributed by atoms with Crippen molar-refractivity contribution < 1.29 is 4.79 Å². The van der Waals surface area contributed by atoms with Crippen LogP contribution in [0, 0.1) is 11.3 Å². The van der Waals surface area contributed by atoms with E-state index in [4.69, 9.17) is 10.2 Å². The number of nitrogens with zero attached hydrogens (tertiary/aromatic N) is 4. The van der Waals surface area contributed by atoms with E-state index >= 15 is 0 Å². The maximum Gasteiger partial charge on any atom is 0.263 e. The average Bonchev–Trinajstić information content (AvgIpc) is 3.48. The van der Waals surface area contributed by atoms with Crippen LogP contribution in [0.25, 0.3) is 20.7 Å². The second kappa shape index (κ2) is 10.1. The fourth-order valence-corrected chi connectivity index (χ4v) is 6.12. The molecule has 3 aromatic heterocycles. The first-order chi connectivity index (χ1) is 15.6. The fraction of sp³-hybridized carbons (Fsp3) is 0.217. The zero-order valence-corrected chi connectivity index (χ0v) is 19.8. The summed E-state index contributed by atoms with van der Waals surface area (Å²) in [4.78, 5) is 34.4. The predicted molar refractivity (Wildman–Crippen MR) is 133 cm³/mol. The van der Waals surface area contributed by atoms with Crippen LogP contribution in [0.3, 0.4) is 0 Å². The largest absolute Gasteiger partial charge is 0.311 e. The van der Waals surface area contributed by atoms with Gasteiger partial charge in [-0.15, -0.1) is 22.7 Å². The third-order valence-electron chi connectivity index (χ3n) is 4.90. The summed E-state index contributed by atoms with van der Waals surface area (Å²) in [6.45, 7) is 2.69. The first kappa shape index (κ1) is 22.3. The highest BCUT2D eigenvalue weighted by atomic mass is 32.2. The monoisotopic (exact) mass is 480 g/mol. The van der Waals surface area contributed by atoms with Gasteiger partial charge < -0.3 is 4.90 Å². The lowest BCUT2D eigenvalue weighted by Gasteiger charge is -2.21. The zero-order valence-electron chi connectivity index (χ0n) is 17.4. The molecule has 0 bridgehead atoms. The second-order valence-electron chi connectivity index (χ2n) is 6.83. The lowest BCUT2D eigenvalue weighted by molar-refractivity contribution is -0.116. The molecule has 0 fully saturated rings. The van der Waals surface area contributed by atoms with E-state index in [0.717, 1.165) is 16.1 Å². The molecule has 6 nitrogen and oxygen atoms in total. The maximum absolute atomic E-state index is 13.3. The Morgan fingerprint density at radius 1 is 1.22 bits per heavy atom. The molecule has 4 aromatic rings. The smallest absolute Gasteiger partial charge is 0.263 e. The molecule has 0 unspecified atom stereocenters. The van der Waals surface area contributed by atoms with Crippen LogP contribution in [-0.4, -0.2) is 27.8 Å². The van der Waals surface area contributed by atoms with E-state index in [1.807, 2.05) is 60.1 Å². The van der Waals surface area contributed by atoms with Gasteiger partial charge in [-0.05, 0) is 30.5 Å². The molecular formula is C23H20N4O2S3. The van der Waals surface area contributed by atoms with Crippen molar-refractivity contribution in [1.29, 1.82) is 5.26 Å². The molecule has 162 valence electrons. The Hall–Kier alpha value is -2.93. The minimum absolute atomic E-state index is 0.0819. The van der Waals surface area contributed by atoms with Crippen molar-refractivity contribution in [3.63, 3.8) is 0 Å². The summed E-state index contributed by atoms with van der Waals surface area (Å²) >= 11 is 4.30. The van der Waals surface area contributed by atoms with Gasteiger partial charge in [-0.25, -0.2) is 4.98 Å². The van der Waals surface area contributed by atoms with Gasteiger partial charge in [0.1, 0.15) is 4.83 Å². The number of aromatic nitrogens is 2. The van der Waals surface area contributed by atoms with E-state index in [9.17, 15) is 9.59 Å². The highest BCUT2D eigenvalue weighted by Crippen LogP contribution is 2.34. The summed E-state index contributed by atoms with van der Waals surface area (Å²) in [5, 5.41) is 14.1. The minimum Gasteiger partial charge on any atom is -0.311 e. The molecule has 0 aliphatic rings. The first-order valence-corrected chi connectivity index (χ1v) is 12.8. The van der Waals surface area contributed by atoms with E-state index < -0.39 is 0 Å². The number of thiophene rings is 2. The van der Waals surface area contributed by atoms with Gasteiger partial charge in [0.25, 0.3) is 5.56 Å². The summed E-state index contributed by atoms with van der Waals surface area (Å²) in [6, 6.07) is 15.4. The Bertz CT molecular complexity index is 1320. The van der Waals surface area contributed by atoms with Crippen LogP contribution in [0.15, 0.2) is 63.2 Å². The molecule has 1 amide bonds. The highest BCUT2D eigenvalue weighted by Gasteiger charge is 2.20. The van der Waals surface area contributed by atoms with Crippen LogP contribution in [-0.2, 0) is 11.3 Å². The number of para-hydroxylation sites is 1. The molecule has 0 N–H and O–H groups in total. The zero-order chi connectivity index (χ0) is 22.5. The number of carbonyl (C=O) groups excluding carboxylic acids is 1. The van der Waals surface area contributed by atoms with Crippen molar-refractivity contribution in [2.75, 3.05) is 17.2 Å². The number of hydrogen-bond acceptors (Lipinski definition) is 7. The number of benzene rings is 1. The second-order valence-corrected chi connectivity index (χ2v) is 9.58. The molecular weight excluding hydrogens is 460 g/mol. The average molecular weight is 481 g/mol. The van der Waals surface area contributed by atoms with Gasteiger partial charge in [0, 0.05) is 34.6 Å². The van der Waals surface area contributed by atoms with Crippen LogP contribution in [0.2, 0.25) is 0 Å². The van der Waals surface area contributed by atoms with Crippen LogP contribution in [0.4, 0.5) is 5.69 Å². The molecule has 0 saturated carbocycles. The summed E-state index contributed by atoms with van der Waals surface area (Å²) in [5.74, 6) is 0.000400. The molecule has 0 saturated heterocycles. The number of amides is 1. The van der Waals surface area contributed by atoms with Gasteiger partial charge in [0.15, 0.2) is 5.16 Å². The van der Waals surface area contributed by atoms with Crippen LogP contribution in [0.5, 0.6) is 0 Å². The quantitative estimate of drug-likeness (QED) is 0.254. The summed E-state index contributed by atoms with van der Waals surface area (Å²) < 4.78 is 1.63. The molecule has 9 heteroatoms. The van der Waals surface area contributed by atoms with Crippen molar-refractivity contribution in [2.24, 2.45) is 0 Å². The first-order valence-electron chi connectivity index (χ1n) is 10.0. The van der Waals surface area contributed by atoms with E-state index in [0.29, 0.717) is 28.5 Å². The Morgan fingerprint density at radius 3 is 2.72 bits per heavy atom. The van der Waals surface area contributed by atoms with Crippen LogP contribution in [0.1, 0.15) is 13.3 Å². The third-order valence-corrected chi connectivity index (χ3v) is 7.64. The number of thioether (sulfide) groups is 1. The van der Waals surface area contributed by atoms with E-state index in [-0.39, 0.29) is 23.6 Å². The number of nitriles is 1. The number of fused-ring (bicyclic) bond motifs is 1. The van der Waals surface area contributed by atoms with Crippen molar-refractivity contribution in [3.05, 3.63) is 63.6 Å². The van der Waals surface area contributed by atoms with Crippen molar-refractivity contribution in [2.45, 2.75) is 25.0 Å². The van der Waals surface area contributed by atoms with Gasteiger partial charge in [-0.2, -0.15) is 5.26 Å². The number of rotatable bonds is 8. The molecule has 0 aliphatic carbocycles. The topological polar surface area (TPSA) is 79.0 Å². The highest BCUT2D eigenvalue weighted by molar-refractivity contribution is 7.99. The Balaban J connectivity index is 1.62. The lowest BCUT2D eigenvalue weighted by atomic mass is 10.2. The minimum atomic E-state index is -0.126. The maximum atomic E-state index is 13.3. The summed E-state index contributed by atoms with van der Waals surface area (Å²) in [6.07, 6.45) is 0.246. The number of anilines is 1. The van der Waals surface area contributed by atoms with Gasteiger partial charge in [-0.1, -0.05) is 36.0 Å². The molecule has 0 spiro atoms. The predicted octanol–water partition coefficient (Wildman–Crippen LogP) is 5.25. The third kappa shape index (κ3) is 4.48. The molecule has 4 rings (SSSR count). The molecule has 3 heterocycles. The molecule has 1 aromatic carbocycles. The summed E-state index contributed by atoms with van der Waals surface area (Å²) in [7, 11) is 0. The van der Waals surface area contributed by atoms with Crippen LogP contribution >= 0.6 is 34.4 Å². The Labute approximate surface area is 197 Å². The Morgan fingerprint density at radius 2 is 2.03 bits per heavy atom. The van der Waals surface area contributed by atoms with Crippen molar-refractivity contribution in [3.8, 4) is 16.5 Å². The van der Waals surface area contributed by atoms with Crippen LogP contribution < -0.4 is 10.5 Å². The summed E-state index contributed by atoms with van der Waals surface area (Å²) in [5.41, 5.74) is 1.59. The fourth-order valence-electron chi connectivity index (χ4n) is 3.38. The van der Waals surface area contributed by atoms with Gasteiger partial charge in [0.2, 0.25) is 5.91 Å². The van der Waals surface area contributed by atoms with Crippen molar-refractivity contribution >= 4 is 56.2 Å². The lowest BCUT2D eigenvalue weighted by Crippen LogP contribution is -2.33. The Kier molecular flexibility index (Phi) is 7.05. The molecule has 0 radical (unpaired) electrons. The van der Waals surface area contributed by atoms with Gasteiger partial charge in [0.05, 0.1) is 23.6 Å². The van der Waals surface area contributed by atoms with E-state index in [1.54, 1.807) is 20.8 Å². The molecule has 32 heavy (non-hydrogen) atoms. The van der Waals surface area contributed by atoms with Gasteiger partial charge >= 0.3 is 0 Å². The molecule has 0 atom stereocenters. The van der Waals surface area contributed by atoms with Gasteiger partial charge in [-0.3, -0.25) is 14.2 Å². The van der Waals surface area contributed by atoms with Crippen molar-refractivity contribution in [1.82, 2.24) is 9.55 Å². The number of carbonyl (C=O) groups is 1. The van der Waals surface area contributed by atoms with E-state index in [2.05, 4.69) is 6.07 Å². The van der Waals surface area contributed by atoms with E-state index in [1.165, 1.54) is 23.1 Å². The standard InChI is InChI=1S/C23H20N4O2S3/c1-2-26-22(29)20-17(18-10-6-13-30-18)14-31-21(20)25-23(26)32-15-19(28)27(12-7-11-24)16-8-4-3-5-9-16/h3-6,8-10,13-14H,2,7,12,15H2,1H3.